The third kappa shape index (κ3) is 2.99. The average Bonchev–Trinajstić information content (AvgIpc) is 2.76. The molecule has 0 bridgehead atoms. The number of alkyl halides is 3. The van der Waals surface area contributed by atoms with Crippen molar-refractivity contribution in [3.63, 3.8) is 0 Å². The first-order valence-electron chi connectivity index (χ1n) is 8.26. The van der Waals surface area contributed by atoms with Crippen LogP contribution in [0.4, 0.5) is 13.2 Å². The van der Waals surface area contributed by atoms with E-state index < -0.39 is 17.6 Å². The quantitative estimate of drug-likeness (QED) is 0.466. The maximum atomic E-state index is 13.7. The summed E-state index contributed by atoms with van der Waals surface area (Å²) in [5, 5.41) is 0.347. The van der Waals surface area contributed by atoms with Gasteiger partial charge < -0.3 is 0 Å². The van der Waals surface area contributed by atoms with E-state index in [1.165, 1.54) is 23.5 Å². The van der Waals surface area contributed by atoms with Crippen LogP contribution in [0.2, 0.25) is 0 Å². The van der Waals surface area contributed by atoms with E-state index in [1.54, 1.807) is 12.1 Å². The molecule has 136 valence electrons. The highest BCUT2D eigenvalue weighted by Crippen LogP contribution is 2.36. The Hall–Kier alpha value is -1.67. The number of halogens is 4. The van der Waals surface area contributed by atoms with Crippen LogP contribution >= 0.6 is 27.3 Å². The maximum absolute atomic E-state index is 13.7. The van der Waals surface area contributed by atoms with Gasteiger partial charge in [-0.3, -0.25) is 9.36 Å². The van der Waals surface area contributed by atoms with Crippen molar-refractivity contribution in [2.24, 2.45) is 0 Å². The molecule has 0 saturated heterocycles. The number of benzene rings is 1. The molecule has 1 aliphatic rings. The molecule has 0 atom stereocenters. The van der Waals surface area contributed by atoms with Gasteiger partial charge in [-0.15, -0.1) is 11.3 Å². The molecule has 26 heavy (non-hydrogen) atoms. The van der Waals surface area contributed by atoms with Crippen molar-refractivity contribution >= 4 is 37.5 Å². The topological polar surface area (TPSA) is 34.9 Å². The lowest BCUT2D eigenvalue weighted by atomic mass is 10.1. The minimum atomic E-state index is -4.73. The van der Waals surface area contributed by atoms with Gasteiger partial charge >= 0.3 is 6.18 Å². The number of nitrogens with zero attached hydrogens (tertiary/aromatic N) is 2. The van der Waals surface area contributed by atoms with Crippen molar-refractivity contribution in [2.45, 2.75) is 38.3 Å². The number of rotatable bonds is 1. The molecule has 0 fully saturated rings. The highest BCUT2D eigenvalue weighted by atomic mass is 79.9. The molecule has 2 heterocycles. The van der Waals surface area contributed by atoms with E-state index in [2.05, 4.69) is 20.9 Å². The number of hydrogen-bond donors (Lipinski definition) is 0. The van der Waals surface area contributed by atoms with E-state index in [1.807, 2.05) is 0 Å². The normalized spacial score (nSPS) is 15.1. The number of thiophene rings is 1. The Morgan fingerprint density at radius 3 is 2.65 bits per heavy atom. The molecule has 2 aromatic heterocycles. The molecule has 4 rings (SSSR count). The van der Waals surface area contributed by atoms with Gasteiger partial charge in [0, 0.05) is 9.35 Å². The molecule has 0 unspecified atom stereocenters. The van der Waals surface area contributed by atoms with Gasteiger partial charge in [0.05, 0.1) is 11.1 Å². The minimum absolute atomic E-state index is 0.152. The first-order chi connectivity index (χ1) is 12.4. The highest BCUT2D eigenvalue weighted by Gasteiger charge is 2.38. The second-order valence-corrected chi connectivity index (χ2v) is 8.30. The fourth-order valence-corrected chi connectivity index (χ4v) is 5.07. The molecule has 0 radical (unpaired) electrons. The number of fused-ring (bicyclic) bond motifs is 3. The molecular weight excluding hydrogens is 429 g/mol. The summed E-state index contributed by atoms with van der Waals surface area (Å²) in [5.41, 5.74) is 0.400. The van der Waals surface area contributed by atoms with Crippen molar-refractivity contribution in [3.8, 4) is 5.69 Å². The second-order valence-electron chi connectivity index (χ2n) is 6.30. The summed E-state index contributed by atoms with van der Waals surface area (Å²) in [6.45, 7) is 0. The second kappa shape index (κ2) is 6.49. The van der Waals surface area contributed by atoms with Crippen LogP contribution in [0.3, 0.4) is 0 Å². The summed E-state index contributed by atoms with van der Waals surface area (Å²) in [7, 11) is 0. The lowest BCUT2D eigenvalue weighted by Gasteiger charge is -2.15. The molecule has 8 heteroatoms. The van der Waals surface area contributed by atoms with Crippen LogP contribution < -0.4 is 5.56 Å². The molecule has 1 aromatic carbocycles. The summed E-state index contributed by atoms with van der Waals surface area (Å²) in [5.74, 6) is -1.18. The van der Waals surface area contributed by atoms with Crippen LogP contribution in [-0.4, -0.2) is 9.55 Å². The zero-order chi connectivity index (χ0) is 18.5. The van der Waals surface area contributed by atoms with Crippen LogP contribution in [-0.2, 0) is 19.0 Å². The van der Waals surface area contributed by atoms with E-state index in [0.717, 1.165) is 42.5 Å². The SMILES string of the molecule is O=c1c2c3c(sc2nc(C(F)(F)F)n1-c1cccc(Br)c1)CCCCC3. The molecule has 0 aliphatic heterocycles. The van der Waals surface area contributed by atoms with Gasteiger partial charge in [0.25, 0.3) is 5.56 Å². The van der Waals surface area contributed by atoms with Crippen LogP contribution in [0.15, 0.2) is 33.5 Å². The molecule has 0 saturated carbocycles. The van der Waals surface area contributed by atoms with Crippen LogP contribution in [0.25, 0.3) is 15.9 Å². The zero-order valence-corrected chi connectivity index (χ0v) is 16.0. The number of hydrogen-bond acceptors (Lipinski definition) is 3. The fourth-order valence-electron chi connectivity index (χ4n) is 3.43. The van der Waals surface area contributed by atoms with Crippen LogP contribution in [0.5, 0.6) is 0 Å². The molecule has 0 spiro atoms. The van der Waals surface area contributed by atoms with E-state index in [4.69, 9.17) is 0 Å². The molecule has 0 N–H and O–H groups in total. The average molecular weight is 443 g/mol. The van der Waals surface area contributed by atoms with E-state index in [0.29, 0.717) is 14.4 Å². The van der Waals surface area contributed by atoms with Gasteiger partial charge in [-0.25, -0.2) is 4.98 Å². The van der Waals surface area contributed by atoms with E-state index in [9.17, 15) is 18.0 Å². The largest absolute Gasteiger partial charge is 0.450 e. The van der Waals surface area contributed by atoms with Crippen molar-refractivity contribution in [1.82, 2.24) is 9.55 Å². The first-order valence-corrected chi connectivity index (χ1v) is 9.87. The van der Waals surface area contributed by atoms with Crippen molar-refractivity contribution in [3.05, 3.63) is 55.4 Å². The van der Waals surface area contributed by atoms with Crippen LogP contribution in [0, 0.1) is 0 Å². The van der Waals surface area contributed by atoms with Crippen molar-refractivity contribution in [1.29, 1.82) is 0 Å². The molecule has 1 aliphatic carbocycles. The summed E-state index contributed by atoms with van der Waals surface area (Å²) in [6, 6.07) is 6.28. The first kappa shape index (κ1) is 17.7. The zero-order valence-electron chi connectivity index (χ0n) is 13.6. The third-order valence-corrected chi connectivity index (χ3v) is 6.24. The van der Waals surface area contributed by atoms with Gasteiger partial charge in [-0.1, -0.05) is 28.4 Å². The smallest absolute Gasteiger partial charge is 0.268 e. The fraction of sp³-hybridized carbons (Fsp3) is 0.333. The summed E-state index contributed by atoms with van der Waals surface area (Å²) < 4.78 is 42.3. The van der Waals surface area contributed by atoms with Gasteiger partial charge in [-0.05, 0) is 49.4 Å². The van der Waals surface area contributed by atoms with E-state index in [-0.39, 0.29) is 10.5 Å². The minimum Gasteiger partial charge on any atom is -0.268 e. The third-order valence-electron chi connectivity index (χ3n) is 4.56. The standard InChI is InChI=1S/C18H14BrF3N2OS/c19-10-5-4-6-11(9-10)24-16(25)14-12-7-2-1-3-8-13(12)26-15(14)23-17(24)18(20,21)22/h4-6,9H,1-3,7-8H2. The summed E-state index contributed by atoms with van der Waals surface area (Å²) in [6.07, 6.45) is -0.208. The summed E-state index contributed by atoms with van der Waals surface area (Å²) in [4.78, 5) is 18.3. The van der Waals surface area contributed by atoms with E-state index >= 15 is 0 Å². The van der Waals surface area contributed by atoms with Gasteiger partial charge in [-0.2, -0.15) is 13.2 Å². The summed E-state index contributed by atoms with van der Waals surface area (Å²) >= 11 is 4.49. The predicted octanol–water partition coefficient (Wildman–Crippen LogP) is 5.50. The maximum Gasteiger partial charge on any atom is 0.450 e. The van der Waals surface area contributed by atoms with Crippen LogP contribution in [0.1, 0.15) is 35.5 Å². The molecule has 0 amide bonds. The lowest BCUT2D eigenvalue weighted by Crippen LogP contribution is -2.28. The Morgan fingerprint density at radius 2 is 1.92 bits per heavy atom. The Morgan fingerprint density at radius 1 is 1.15 bits per heavy atom. The Balaban J connectivity index is 2.09. The van der Waals surface area contributed by atoms with Gasteiger partial charge in [0.15, 0.2) is 0 Å². The Kier molecular flexibility index (Phi) is 4.43. The lowest BCUT2D eigenvalue weighted by molar-refractivity contribution is -0.146. The molecule has 3 nitrogen and oxygen atoms in total. The monoisotopic (exact) mass is 442 g/mol. The Bertz CT molecular complexity index is 1050. The number of aryl methyl sites for hydroxylation is 2. The number of aromatic nitrogens is 2. The molecular formula is C18H14BrF3N2OS. The Labute approximate surface area is 159 Å². The van der Waals surface area contributed by atoms with Crippen molar-refractivity contribution in [2.75, 3.05) is 0 Å². The molecule has 3 aromatic rings. The van der Waals surface area contributed by atoms with Crippen molar-refractivity contribution < 1.29 is 13.2 Å². The highest BCUT2D eigenvalue weighted by molar-refractivity contribution is 9.10. The predicted molar refractivity (Wildman–Crippen MR) is 99.2 cm³/mol. The van der Waals surface area contributed by atoms with Gasteiger partial charge in [0.1, 0.15) is 4.83 Å². The van der Waals surface area contributed by atoms with Gasteiger partial charge in [0.2, 0.25) is 5.82 Å².